The van der Waals surface area contributed by atoms with Gasteiger partial charge in [-0.2, -0.15) is 0 Å². The Hall–Kier alpha value is -2.98. The van der Waals surface area contributed by atoms with Crippen LogP contribution in [0.25, 0.3) is 11.1 Å². The molecule has 3 aromatic rings. The number of rotatable bonds is 9. The summed E-state index contributed by atoms with van der Waals surface area (Å²) < 4.78 is 5.13. The third-order valence-corrected chi connectivity index (χ3v) is 5.25. The molecule has 0 amide bonds. The standard InChI is InChI=1S/C22H21N3.C6H14O/c1-2-13-23-22-21-19(24-15-25-22)14-18(16-9-5-3-6-10-16)20(21)17-11-7-4-8-12-17;1-3-5-7-6-4-2/h3-12,15H,2,13-14H2,1H3,(H,23,24,25);3-6H2,1-2H3. The van der Waals surface area contributed by atoms with Gasteiger partial charge in [0.05, 0.1) is 5.69 Å². The van der Waals surface area contributed by atoms with E-state index in [1.165, 1.54) is 22.3 Å². The maximum Gasteiger partial charge on any atom is 0.137 e. The van der Waals surface area contributed by atoms with Crippen LogP contribution in [0.1, 0.15) is 62.4 Å². The fourth-order valence-corrected chi connectivity index (χ4v) is 3.80. The number of benzene rings is 2. The Morgan fingerprint density at radius 1 is 0.781 bits per heavy atom. The molecule has 1 aliphatic rings. The van der Waals surface area contributed by atoms with Crippen LogP contribution >= 0.6 is 0 Å². The Kier molecular flexibility index (Phi) is 9.45. The average molecular weight is 430 g/mol. The molecule has 4 rings (SSSR count). The van der Waals surface area contributed by atoms with Crippen LogP contribution in [0.3, 0.4) is 0 Å². The summed E-state index contributed by atoms with van der Waals surface area (Å²) in [6, 6.07) is 21.2. The minimum atomic E-state index is 0.840. The number of fused-ring (bicyclic) bond motifs is 1. The van der Waals surface area contributed by atoms with Gasteiger partial charge < -0.3 is 10.1 Å². The van der Waals surface area contributed by atoms with Crippen molar-refractivity contribution in [3.8, 4) is 0 Å². The fourth-order valence-electron chi connectivity index (χ4n) is 3.80. The first-order valence-corrected chi connectivity index (χ1v) is 11.8. The molecule has 1 aromatic heterocycles. The van der Waals surface area contributed by atoms with Crippen LogP contribution in [0.4, 0.5) is 5.82 Å². The fraction of sp³-hybridized carbons (Fsp3) is 0.357. The molecule has 4 nitrogen and oxygen atoms in total. The lowest BCUT2D eigenvalue weighted by molar-refractivity contribution is 0.135. The number of allylic oxidation sites excluding steroid dienone is 1. The summed E-state index contributed by atoms with van der Waals surface area (Å²) in [7, 11) is 0. The maximum atomic E-state index is 5.13. The van der Waals surface area contributed by atoms with Crippen LogP contribution in [-0.2, 0) is 11.2 Å². The molecule has 0 bridgehead atoms. The highest BCUT2D eigenvalue weighted by Gasteiger charge is 2.28. The number of hydrogen-bond donors (Lipinski definition) is 1. The van der Waals surface area contributed by atoms with Gasteiger partial charge in [0.25, 0.3) is 0 Å². The predicted octanol–water partition coefficient (Wildman–Crippen LogP) is 6.64. The molecule has 1 heterocycles. The zero-order valence-corrected chi connectivity index (χ0v) is 19.6. The molecule has 0 spiro atoms. The highest BCUT2D eigenvalue weighted by molar-refractivity contribution is 6.05. The van der Waals surface area contributed by atoms with Crippen molar-refractivity contribution < 1.29 is 4.74 Å². The summed E-state index contributed by atoms with van der Waals surface area (Å²) in [6.45, 7) is 9.16. The largest absolute Gasteiger partial charge is 0.381 e. The van der Waals surface area contributed by atoms with Crippen molar-refractivity contribution in [3.63, 3.8) is 0 Å². The quantitative estimate of drug-likeness (QED) is 0.388. The van der Waals surface area contributed by atoms with Crippen molar-refractivity contribution in [1.82, 2.24) is 9.97 Å². The van der Waals surface area contributed by atoms with Crippen LogP contribution in [0.2, 0.25) is 0 Å². The number of ether oxygens (including phenoxy) is 1. The van der Waals surface area contributed by atoms with Crippen molar-refractivity contribution in [3.05, 3.63) is 89.4 Å². The van der Waals surface area contributed by atoms with E-state index < -0.39 is 0 Å². The molecular weight excluding hydrogens is 394 g/mol. The highest BCUT2D eigenvalue weighted by Crippen LogP contribution is 2.43. The molecule has 0 saturated carbocycles. The van der Waals surface area contributed by atoms with Crippen LogP contribution in [-0.4, -0.2) is 29.7 Å². The van der Waals surface area contributed by atoms with Crippen LogP contribution in [0, 0.1) is 0 Å². The molecular formula is C28H35N3O. The van der Waals surface area contributed by atoms with Crippen LogP contribution in [0.15, 0.2) is 67.0 Å². The number of nitrogens with one attached hydrogen (secondary N) is 1. The normalized spacial score (nSPS) is 12.2. The van der Waals surface area contributed by atoms with Gasteiger partial charge in [-0.15, -0.1) is 0 Å². The zero-order chi connectivity index (χ0) is 22.6. The van der Waals surface area contributed by atoms with Gasteiger partial charge in [0, 0.05) is 31.7 Å². The lowest BCUT2D eigenvalue weighted by Gasteiger charge is -2.13. The third kappa shape index (κ3) is 6.04. The van der Waals surface area contributed by atoms with E-state index in [-0.39, 0.29) is 0 Å². The molecule has 0 radical (unpaired) electrons. The van der Waals surface area contributed by atoms with E-state index >= 15 is 0 Å². The van der Waals surface area contributed by atoms with Crippen molar-refractivity contribution in [1.29, 1.82) is 0 Å². The molecule has 4 heteroatoms. The minimum Gasteiger partial charge on any atom is -0.381 e. The van der Waals surface area contributed by atoms with Crippen molar-refractivity contribution in [2.45, 2.75) is 46.5 Å². The van der Waals surface area contributed by atoms with Gasteiger partial charge in [-0.05, 0) is 41.5 Å². The molecule has 0 aliphatic heterocycles. The molecule has 0 saturated heterocycles. The Bertz CT molecular complexity index is 980. The van der Waals surface area contributed by atoms with E-state index in [4.69, 9.17) is 4.74 Å². The minimum absolute atomic E-state index is 0.840. The first-order chi connectivity index (χ1) is 15.8. The van der Waals surface area contributed by atoms with E-state index in [0.29, 0.717) is 0 Å². The summed E-state index contributed by atoms with van der Waals surface area (Å²) in [4.78, 5) is 9.12. The molecule has 0 unspecified atom stereocenters. The number of hydrogen-bond acceptors (Lipinski definition) is 4. The second kappa shape index (κ2) is 12.8. The second-order valence-corrected chi connectivity index (χ2v) is 7.85. The summed E-state index contributed by atoms with van der Waals surface area (Å²) in [5.74, 6) is 0.941. The Morgan fingerprint density at radius 3 is 2.00 bits per heavy atom. The second-order valence-electron chi connectivity index (χ2n) is 7.85. The lowest BCUT2D eigenvalue weighted by Crippen LogP contribution is -2.07. The summed E-state index contributed by atoms with van der Waals surface area (Å²) in [5, 5.41) is 3.48. The van der Waals surface area contributed by atoms with Gasteiger partial charge >= 0.3 is 0 Å². The van der Waals surface area contributed by atoms with Crippen molar-refractivity contribution >= 4 is 17.0 Å². The van der Waals surface area contributed by atoms with Gasteiger partial charge in [0.2, 0.25) is 0 Å². The SMILES string of the molecule is CCCNc1ncnc2c1C(c1ccccc1)=C(c1ccccc1)C2.CCCOCCC. The van der Waals surface area contributed by atoms with E-state index in [2.05, 4.69) is 96.7 Å². The molecule has 32 heavy (non-hydrogen) atoms. The van der Waals surface area contributed by atoms with Crippen molar-refractivity contribution in [2.75, 3.05) is 25.1 Å². The third-order valence-electron chi connectivity index (χ3n) is 5.25. The molecule has 1 N–H and O–H groups in total. The Morgan fingerprint density at radius 2 is 1.41 bits per heavy atom. The van der Waals surface area contributed by atoms with E-state index in [0.717, 1.165) is 62.5 Å². The van der Waals surface area contributed by atoms with Gasteiger partial charge in [0.1, 0.15) is 12.1 Å². The van der Waals surface area contributed by atoms with E-state index in [1.807, 2.05) is 0 Å². The van der Waals surface area contributed by atoms with Gasteiger partial charge in [0.15, 0.2) is 0 Å². The summed E-state index contributed by atoms with van der Waals surface area (Å²) >= 11 is 0. The zero-order valence-electron chi connectivity index (χ0n) is 19.6. The molecule has 0 fully saturated rings. The summed E-state index contributed by atoms with van der Waals surface area (Å²) in [5.41, 5.74) is 7.30. The number of anilines is 1. The highest BCUT2D eigenvalue weighted by atomic mass is 16.5. The van der Waals surface area contributed by atoms with E-state index in [1.54, 1.807) is 6.33 Å². The van der Waals surface area contributed by atoms with Gasteiger partial charge in [-0.25, -0.2) is 9.97 Å². The topological polar surface area (TPSA) is 47.0 Å². The molecule has 1 aliphatic carbocycles. The molecule has 0 atom stereocenters. The smallest absolute Gasteiger partial charge is 0.137 e. The number of aromatic nitrogens is 2. The first-order valence-electron chi connectivity index (χ1n) is 11.8. The maximum absolute atomic E-state index is 5.13. The average Bonchev–Trinajstić information content (AvgIpc) is 3.25. The van der Waals surface area contributed by atoms with Crippen LogP contribution in [0.5, 0.6) is 0 Å². The van der Waals surface area contributed by atoms with E-state index in [9.17, 15) is 0 Å². The summed E-state index contributed by atoms with van der Waals surface area (Å²) in [6.07, 6.45) is 5.86. The molecule has 168 valence electrons. The molecule has 2 aromatic carbocycles. The Balaban J connectivity index is 0.000000360. The Labute approximate surface area is 192 Å². The predicted molar refractivity (Wildman–Crippen MR) is 135 cm³/mol. The van der Waals surface area contributed by atoms with Crippen LogP contribution < -0.4 is 5.32 Å². The monoisotopic (exact) mass is 429 g/mol. The lowest BCUT2D eigenvalue weighted by atomic mass is 9.94. The van der Waals surface area contributed by atoms with Gasteiger partial charge in [-0.3, -0.25) is 0 Å². The number of nitrogens with zero attached hydrogens (tertiary/aromatic N) is 2. The van der Waals surface area contributed by atoms with Crippen molar-refractivity contribution in [2.24, 2.45) is 0 Å². The van der Waals surface area contributed by atoms with Gasteiger partial charge in [-0.1, -0.05) is 81.4 Å². The first kappa shape index (κ1) is 23.7.